The van der Waals surface area contributed by atoms with E-state index in [1.165, 1.54) is 0 Å². The van der Waals surface area contributed by atoms with E-state index in [2.05, 4.69) is 5.32 Å². The van der Waals surface area contributed by atoms with Crippen LogP contribution in [-0.2, 0) is 9.53 Å². The van der Waals surface area contributed by atoms with Gasteiger partial charge in [0.2, 0.25) is 0 Å². The molecule has 2 N–H and O–H groups in total. The highest BCUT2D eigenvalue weighted by Crippen LogP contribution is 2.41. The molecule has 3 rings (SSSR count). The van der Waals surface area contributed by atoms with Crippen molar-refractivity contribution in [3.63, 3.8) is 0 Å². The maximum atomic E-state index is 13.2. The standard InChI is InChI=1S/C23H30F2N2O5/c1-22(2,3)32-21(30)27-17-6-7-18(27)13-23(31,12-17)20(29)26-8-4-5-19(28)14-9-15(24)11-16(25)10-14/h9-11,17-18,31H,4-8,12-13H2,1-3H3,(H,26,29)/t17-,18-/m0/s1. The molecule has 1 aromatic rings. The lowest BCUT2D eigenvalue weighted by Crippen LogP contribution is -2.59. The van der Waals surface area contributed by atoms with Gasteiger partial charge < -0.3 is 20.1 Å². The minimum atomic E-state index is -1.60. The second-order valence-corrected chi connectivity index (χ2v) is 9.65. The number of halogens is 2. The number of nitrogens with one attached hydrogen (secondary N) is 1. The monoisotopic (exact) mass is 452 g/mol. The molecule has 2 amide bonds. The summed E-state index contributed by atoms with van der Waals surface area (Å²) in [6.07, 6.45) is 1.46. The van der Waals surface area contributed by atoms with E-state index in [1.54, 1.807) is 25.7 Å². The Kier molecular flexibility index (Phi) is 6.88. The van der Waals surface area contributed by atoms with Gasteiger partial charge in [-0.15, -0.1) is 0 Å². The summed E-state index contributed by atoms with van der Waals surface area (Å²) in [5.41, 5.74) is -2.28. The van der Waals surface area contributed by atoms with E-state index in [9.17, 15) is 28.3 Å². The summed E-state index contributed by atoms with van der Waals surface area (Å²) in [4.78, 5) is 38.9. The number of piperidine rings is 1. The van der Waals surface area contributed by atoms with Gasteiger partial charge in [-0.05, 0) is 52.2 Å². The van der Waals surface area contributed by atoms with Gasteiger partial charge in [-0.2, -0.15) is 0 Å². The quantitative estimate of drug-likeness (QED) is 0.510. The first kappa shape index (κ1) is 24.1. The SMILES string of the molecule is CC(C)(C)OC(=O)N1[C@H]2CC[C@H]1CC(O)(C(=O)NCCCC(=O)c1cc(F)cc(F)c1)C2. The molecule has 0 unspecified atom stereocenters. The Hall–Kier alpha value is -2.55. The van der Waals surface area contributed by atoms with Crippen LogP contribution in [0.15, 0.2) is 18.2 Å². The molecule has 2 saturated heterocycles. The Morgan fingerprint density at radius 1 is 1.12 bits per heavy atom. The highest BCUT2D eigenvalue weighted by Gasteiger charge is 2.53. The first-order chi connectivity index (χ1) is 14.9. The summed E-state index contributed by atoms with van der Waals surface area (Å²) in [6.45, 7) is 5.50. The minimum absolute atomic E-state index is 0.000721. The fourth-order valence-electron chi connectivity index (χ4n) is 4.50. The van der Waals surface area contributed by atoms with Crippen LogP contribution in [0.1, 0.15) is 69.7 Å². The number of amides is 2. The lowest BCUT2D eigenvalue weighted by Gasteiger charge is -2.42. The summed E-state index contributed by atoms with van der Waals surface area (Å²) < 4.78 is 32.0. The normalized spacial score (nSPS) is 24.9. The van der Waals surface area contributed by atoms with Crippen molar-refractivity contribution in [2.75, 3.05) is 6.54 Å². The number of carbonyl (C=O) groups is 3. The van der Waals surface area contributed by atoms with Crippen molar-refractivity contribution in [3.8, 4) is 0 Å². The van der Waals surface area contributed by atoms with E-state index in [1.807, 2.05) is 0 Å². The maximum Gasteiger partial charge on any atom is 0.410 e. The van der Waals surface area contributed by atoms with E-state index in [4.69, 9.17) is 4.74 Å². The summed E-state index contributed by atoms with van der Waals surface area (Å²) in [7, 11) is 0. The number of hydrogen-bond acceptors (Lipinski definition) is 5. The van der Waals surface area contributed by atoms with Gasteiger partial charge in [0, 0.05) is 49.5 Å². The van der Waals surface area contributed by atoms with Gasteiger partial charge in [0.1, 0.15) is 22.8 Å². The van der Waals surface area contributed by atoms with Gasteiger partial charge >= 0.3 is 6.09 Å². The van der Waals surface area contributed by atoms with Crippen LogP contribution >= 0.6 is 0 Å². The molecule has 2 atom stereocenters. The largest absolute Gasteiger partial charge is 0.444 e. The second kappa shape index (κ2) is 9.13. The number of benzene rings is 1. The molecule has 1 aromatic carbocycles. The molecule has 2 fully saturated rings. The summed E-state index contributed by atoms with van der Waals surface area (Å²) >= 11 is 0. The third-order valence-electron chi connectivity index (χ3n) is 5.84. The molecule has 0 aliphatic carbocycles. The van der Waals surface area contributed by atoms with Crippen LogP contribution in [0.4, 0.5) is 13.6 Å². The van der Waals surface area contributed by atoms with Gasteiger partial charge in [-0.1, -0.05) is 0 Å². The van der Waals surface area contributed by atoms with Crippen LogP contribution in [0, 0.1) is 11.6 Å². The number of fused-ring (bicyclic) bond motifs is 2. The van der Waals surface area contributed by atoms with Crippen LogP contribution in [0.5, 0.6) is 0 Å². The third-order valence-corrected chi connectivity index (χ3v) is 5.84. The van der Waals surface area contributed by atoms with Crippen molar-refractivity contribution in [1.82, 2.24) is 10.2 Å². The van der Waals surface area contributed by atoms with Gasteiger partial charge in [-0.3, -0.25) is 9.59 Å². The molecule has 7 nitrogen and oxygen atoms in total. The number of hydrogen-bond donors (Lipinski definition) is 2. The number of ketones is 1. The van der Waals surface area contributed by atoms with E-state index in [0.717, 1.165) is 12.1 Å². The fourth-order valence-corrected chi connectivity index (χ4v) is 4.50. The molecule has 32 heavy (non-hydrogen) atoms. The fraction of sp³-hybridized carbons (Fsp3) is 0.609. The zero-order valence-corrected chi connectivity index (χ0v) is 18.6. The Morgan fingerprint density at radius 2 is 1.69 bits per heavy atom. The Morgan fingerprint density at radius 3 is 2.22 bits per heavy atom. The molecule has 0 aromatic heterocycles. The lowest BCUT2D eigenvalue weighted by atomic mass is 9.85. The average molecular weight is 452 g/mol. The average Bonchev–Trinajstić information content (AvgIpc) is 2.95. The van der Waals surface area contributed by atoms with E-state index >= 15 is 0 Å². The number of carbonyl (C=O) groups excluding carboxylic acids is 3. The van der Waals surface area contributed by atoms with Gasteiger partial charge in [0.15, 0.2) is 5.78 Å². The molecule has 0 spiro atoms. The molecular formula is C23H30F2N2O5. The first-order valence-electron chi connectivity index (χ1n) is 10.9. The van der Waals surface area contributed by atoms with Crippen molar-refractivity contribution in [1.29, 1.82) is 0 Å². The Balaban J connectivity index is 1.50. The zero-order chi connectivity index (χ0) is 23.7. The first-order valence-corrected chi connectivity index (χ1v) is 10.9. The van der Waals surface area contributed by atoms with Crippen molar-refractivity contribution >= 4 is 17.8 Å². The molecule has 2 heterocycles. The van der Waals surface area contributed by atoms with E-state index < -0.39 is 40.6 Å². The lowest BCUT2D eigenvalue weighted by molar-refractivity contribution is -0.147. The van der Waals surface area contributed by atoms with Crippen LogP contribution in [-0.4, -0.2) is 57.6 Å². The Bertz CT molecular complexity index is 865. The van der Waals surface area contributed by atoms with Crippen molar-refractivity contribution in [2.24, 2.45) is 0 Å². The number of Topliss-reactive ketones (excluding diaryl/α,β-unsaturated/α-hetero) is 1. The van der Waals surface area contributed by atoms with Gasteiger partial charge in [0.05, 0.1) is 0 Å². The smallest absolute Gasteiger partial charge is 0.410 e. The molecular weight excluding hydrogens is 422 g/mol. The molecule has 9 heteroatoms. The van der Waals surface area contributed by atoms with Crippen molar-refractivity contribution in [2.45, 2.75) is 82.6 Å². The van der Waals surface area contributed by atoms with Crippen LogP contribution in [0.2, 0.25) is 0 Å². The second-order valence-electron chi connectivity index (χ2n) is 9.65. The highest BCUT2D eigenvalue weighted by atomic mass is 19.1. The number of nitrogens with zero attached hydrogens (tertiary/aromatic N) is 1. The van der Waals surface area contributed by atoms with Gasteiger partial charge in [-0.25, -0.2) is 13.6 Å². The predicted molar refractivity (Wildman–Crippen MR) is 112 cm³/mol. The number of rotatable bonds is 6. The molecule has 2 aliphatic rings. The topological polar surface area (TPSA) is 95.9 Å². The summed E-state index contributed by atoms with van der Waals surface area (Å²) in [5.74, 6) is -2.62. The highest BCUT2D eigenvalue weighted by molar-refractivity contribution is 5.96. The molecule has 2 aliphatic heterocycles. The van der Waals surface area contributed by atoms with Crippen LogP contribution in [0.3, 0.4) is 0 Å². The van der Waals surface area contributed by atoms with E-state index in [0.29, 0.717) is 18.9 Å². The zero-order valence-electron chi connectivity index (χ0n) is 18.6. The van der Waals surface area contributed by atoms with E-state index in [-0.39, 0.29) is 49.9 Å². The maximum absolute atomic E-state index is 13.2. The molecule has 0 radical (unpaired) electrons. The van der Waals surface area contributed by atoms with Crippen molar-refractivity contribution in [3.05, 3.63) is 35.4 Å². The van der Waals surface area contributed by atoms with Gasteiger partial charge in [0.25, 0.3) is 5.91 Å². The summed E-state index contributed by atoms with van der Waals surface area (Å²) in [5, 5.41) is 13.6. The van der Waals surface area contributed by atoms with Crippen LogP contribution in [0.25, 0.3) is 0 Å². The molecule has 0 saturated carbocycles. The number of ether oxygens (including phenoxy) is 1. The van der Waals surface area contributed by atoms with Crippen LogP contribution < -0.4 is 5.32 Å². The van der Waals surface area contributed by atoms with Crippen molar-refractivity contribution < 1.29 is 33.0 Å². The number of aliphatic hydroxyl groups is 1. The Labute approximate surface area is 186 Å². The minimum Gasteiger partial charge on any atom is -0.444 e. The summed E-state index contributed by atoms with van der Waals surface area (Å²) in [6, 6.07) is 2.09. The molecule has 2 bridgehead atoms. The third kappa shape index (κ3) is 5.62. The predicted octanol–water partition coefficient (Wildman–Crippen LogP) is 3.34. The molecule has 176 valence electrons.